The third kappa shape index (κ3) is 4.87. The molecule has 0 bridgehead atoms. The van der Waals surface area contributed by atoms with Crippen LogP contribution in [-0.4, -0.2) is 19.5 Å². The van der Waals surface area contributed by atoms with Crippen LogP contribution in [0.1, 0.15) is 105 Å². The van der Waals surface area contributed by atoms with Crippen LogP contribution in [-0.2, 0) is 21.7 Å². The van der Waals surface area contributed by atoms with Crippen molar-refractivity contribution in [3.63, 3.8) is 0 Å². The van der Waals surface area contributed by atoms with Gasteiger partial charge in [-0.1, -0.05) is 156 Å². The third-order valence-corrected chi connectivity index (χ3v) is 16.2. The van der Waals surface area contributed by atoms with E-state index in [-0.39, 0.29) is 37.9 Å². The van der Waals surface area contributed by atoms with Gasteiger partial charge in [-0.15, -0.1) is 0 Å². The Morgan fingerprint density at radius 2 is 0.754 bits per heavy atom. The molecule has 9 rings (SSSR count). The first-order chi connectivity index (χ1) is 26.7. The van der Waals surface area contributed by atoms with E-state index in [1.165, 1.54) is 22.3 Å². The second-order valence-corrected chi connectivity index (χ2v) is 19.8. The summed E-state index contributed by atoms with van der Waals surface area (Å²) in [5.41, 5.74) is 10.0. The lowest BCUT2D eigenvalue weighted by atomic mass is 9.59. The van der Waals surface area contributed by atoms with Crippen molar-refractivity contribution in [2.24, 2.45) is 10.8 Å². The Morgan fingerprint density at radius 1 is 0.404 bits per heavy atom. The Hall–Kier alpha value is -5.42. The van der Waals surface area contributed by atoms with Gasteiger partial charge in [0.2, 0.25) is 0 Å². The minimum Gasteiger partial charge on any atom is -0.309 e. The number of pyridine rings is 1. The van der Waals surface area contributed by atoms with Crippen molar-refractivity contribution in [1.82, 2.24) is 19.5 Å². The molecule has 5 heteroatoms. The standard InChI is InChI=1S/C52H54N4O/c1-47(2)37-27-35-41(29-39(37)49(5,6)51(47,9)10)56(42-30-40-38(28-36(42)43(35)57)48(3,4)52(11,12)50(40,7)8)34-25-19-24-33(26-34)46-54-44(31-20-15-13-16-21-31)53-45(55-46)32-22-17-14-18-23-32/h13-30H,1-12H3. The van der Waals surface area contributed by atoms with Crippen molar-refractivity contribution in [3.05, 3.63) is 142 Å². The van der Waals surface area contributed by atoms with Gasteiger partial charge in [0.1, 0.15) is 0 Å². The molecule has 7 aromatic rings. The zero-order valence-electron chi connectivity index (χ0n) is 35.6. The lowest BCUT2D eigenvalue weighted by Gasteiger charge is -2.44. The average Bonchev–Trinajstić information content (AvgIpc) is 3.37. The fraction of sp³-hybridized carbons (Fsp3) is 0.346. The van der Waals surface area contributed by atoms with Gasteiger partial charge in [-0.05, 0) is 91.1 Å². The summed E-state index contributed by atoms with van der Waals surface area (Å²) in [7, 11) is 0. The molecule has 2 heterocycles. The van der Waals surface area contributed by atoms with Crippen LogP contribution < -0.4 is 5.43 Å². The van der Waals surface area contributed by atoms with Crippen molar-refractivity contribution in [2.75, 3.05) is 0 Å². The highest BCUT2D eigenvalue weighted by Crippen LogP contribution is 2.63. The molecule has 0 saturated carbocycles. The van der Waals surface area contributed by atoms with E-state index in [0.717, 1.165) is 44.2 Å². The lowest BCUT2D eigenvalue weighted by Crippen LogP contribution is -2.42. The molecule has 0 fully saturated rings. The van der Waals surface area contributed by atoms with Gasteiger partial charge in [0.15, 0.2) is 22.9 Å². The summed E-state index contributed by atoms with van der Waals surface area (Å²) in [5.74, 6) is 1.83. The number of hydrogen-bond acceptors (Lipinski definition) is 4. The summed E-state index contributed by atoms with van der Waals surface area (Å²) >= 11 is 0. The van der Waals surface area contributed by atoms with Gasteiger partial charge in [-0.25, -0.2) is 15.0 Å². The summed E-state index contributed by atoms with van der Waals surface area (Å²) in [4.78, 5) is 30.3. The molecule has 0 atom stereocenters. The van der Waals surface area contributed by atoms with Crippen molar-refractivity contribution in [2.45, 2.75) is 105 Å². The van der Waals surface area contributed by atoms with E-state index in [1.54, 1.807) is 0 Å². The molecule has 2 aliphatic carbocycles. The maximum atomic E-state index is 15.1. The monoisotopic (exact) mass is 750 g/mol. The minimum atomic E-state index is -0.147. The Kier molecular flexibility index (Phi) is 7.71. The molecule has 0 amide bonds. The molecular formula is C52H54N4O. The molecule has 2 aliphatic rings. The highest BCUT2D eigenvalue weighted by atomic mass is 16.1. The summed E-state index contributed by atoms with van der Waals surface area (Å²) < 4.78 is 2.34. The molecule has 5 nitrogen and oxygen atoms in total. The SMILES string of the molecule is CC1(C)c2cc3c(=O)c4cc5c(cc4n(-c4cccc(-c6nc(-c7ccccc7)nc(-c7ccccc7)n6)c4)c3cc2C(C)(C)C1(C)C)C(C)(C)C(C)(C)C5(C)C. The average molecular weight is 751 g/mol. The van der Waals surface area contributed by atoms with Crippen LogP contribution in [0.15, 0.2) is 114 Å². The van der Waals surface area contributed by atoms with Crippen LogP contribution in [0, 0.1) is 10.8 Å². The zero-order valence-corrected chi connectivity index (χ0v) is 35.6. The lowest BCUT2D eigenvalue weighted by molar-refractivity contribution is 0.125. The topological polar surface area (TPSA) is 60.7 Å². The highest BCUT2D eigenvalue weighted by molar-refractivity contribution is 5.98. The molecule has 0 unspecified atom stereocenters. The Bertz CT molecular complexity index is 2690. The predicted octanol–water partition coefficient (Wildman–Crippen LogP) is 12.5. The largest absolute Gasteiger partial charge is 0.309 e. The molecule has 0 aliphatic heterocycles. The first-order valence-electron chi connectivity index (χ1n) is 20.4. The van der Waals surface area contributed by atoms with Crippen LogP contribution in [0.4, 0.5) is 0 Å². The maximum Gasteiger partial charge on any atom is 0.197 e. The zero-order chi connectivity index (χ0) is 40.7. The minimum absolute atomic E-state index is 0.0562. The van der Waals surface area contributed by atoms with Gasteiger partial charge in [-0.3, -0.25) is 4.79 Å². The number of nitrogens with zero attached hydrogens (tertiary/aromatic N) is 4. The fourth-order valence-electron chi connectivity index (χ4n) is 10.2. The summed E-state index contributed by atoms with van der Waals surface area (Å²) in [6.07, 6.45) is 0. The van der Waals surface area contributed by atoms with Crippen LogP contribution in [0.5, 0.6) is 0 Å². The molecule has 57 heavy (non-hydrogen) atoms. The third-order valence-electron chi connectivity index (χ3n) is 16.2. The summed E-state index contributed by atoms with van der Waals surface area (Å²) in [5, 5.41) is 1.50. The van der Waals surface area contributed by atoms with Gasteiger partial charge >= 0.3 is 0 Å². The van der Waals surface area contributed by atoms with Crippen molar-refractivity contribution < 1.29 is 0 Å². The molecular weight excluding hydrogens is 697 g/mol. The molecule has 0 spiro atoms. The van der Waals surface area contributed by atoms with Gasteiger partial charge in [0, 0.05) is 33.2 Å². The quantitative estimate of drug-likeness (QED) is 0.168. The van der Waals surface area contributed by atoms with Crippen molar-refractivity contribution in [3.8, 4) is 39.9 Å². The number of benzene rings is 5. The Morgan fingerprint density at radius 3 is 1.16 bits per heavy atom. The first kappa shape index (κ1) is 37.2. The summed E-state index contributed by atoms with van der Waals surface area (Å²) in [6.45, 7) is 28.4. The fourth-order valence-corrected chi connectivity index (χ4v) is 10.2. The van der Waals surface area contributed by atoms with Crippen LogP contribution in [0.2, 0.25) is 0 Å². The van der Waals surface area contributed by atoms with Crippen LogP contribution in [0.3, 0.4) is 0 Å². The first-order valence-corrected chi connectivity index (χ1v) is 20.4. The molecule has 0 N–H and O–H groups in total. The number of aromatic nitrogens is 4. The van der Waals surface area contributed by atoms with Crippen molar-refractivity contribution >= 4 is 21.8 Å². The van der Waals surface area contributed by atoms with Gasteiger partial charge in [0.25, 0.3) is 0 Å². The summed E-state index contributed by atoms with van der Waals surface area (Å²) in [6, 6.07) is 37.8. The Labute approximate surface area is 337 Å². The second-order valence-electron chi connectivity index (χ2n) is 19.8. The van der Waals surface area contributed by atoms with E-state index < -0.39 is 0 Å². The number of fused-ring (bicyclic) bond motifs is 4. The molecule has 288 valence electrons. The van der Waals surface area contributed by atoms with Crippen molar-refractivity contribution in [1.29, 1.82) is 0 Å². The predicted molar refractivity (Wildman–Crippen MR) is 236 cm³/mol. The molecule has 0 radical (unpaired) electrons. The van der Waals surface area contributed by atoms with E-state index in [4.69, 9.17) is 15.0 Å². The van der Waals surface area contributed by atoms with E-state index in [2.05, 4.69) is 136 Å². The van der Waals surface area contributed by atoms with Crippen LogP contribution >= 0.6 is 0 Å². The van der Waals surface area contributed by atoms with E-state index in [9.17, 15) is 0 Å². The number of rotatable bonds is 4. The normalized spacial score (nSPS) is 19.1. The van der Waals surface area contributed by atoms with E-state index >= 15 is 4.79 Å². The number of hydrogen-bond donors (Lipinski definition) is 0. The van der Waals surface area contributed by atoms with Crippen LogP contribution in [0.25, 0.3) is 61.7 Å². The van der Waals surface area contributed by atoms with Gasteiger partial charge < -0.3 is 4.57 Å². The smallest absolute Gasteiger partial charge is 0.197 e. The Balaban J connectivity index is 1.37. The van der Waals surface area contributed by atoms with E-state index in [0.29, 0.717) is 17.5 Å². The van der Waals surface area contributed by atoms with Gasteiger partial charge in [0.05, 0.1) is 11.0 Å². The molecule has 2 aromatic heterocycles. The highest BCUT2D eigenvalue weighted by Gasteiger charge is 2.58. The van der Waals surface area contributed by atoms with E-state index in [1.807, 2.05) is 60.7 Å². The second kappa shape index (κ2) is 11.8. The van der Waals surface area contributed by atoms with Gasteiger partial charge in [-0.2, -0.15) is 0 Å². The maximum absolute atomic E-state index is 15.1. The molecule has 0 saturated heterocycles. The molecule has 5 aromatic carbocycles.